The van der Waals surface area contributed by atoms with Crippen molar-refractivity contribution in [3.63, 3.8) is 0 Å². The molecule has 3 atom stereocenters. The Morgan fingerprint density at radius 3 is 1.84 bits per heavy atom. The predicted octanol–water partition coefficient (Wildman–Crippen LogP) is 11.8. The molecule has 0 aliphatic heterocycles. The van der Waals surface area contributed by atoms with Crippen LogP contribution in [0.5, 0.6) is 0 Å². The molecule has 2 unspecified atom stereocenters. The topological polar surface area (TPSA) is 155 Å². The summed E-state index contributed by atoms with van der Waals surface area (Å²) in [6.45, 7) is 3.43. The number of phosphoric acid groups is 1. The minimum absolute atomic E-state index is 0.0314. The Labute approximate surface area is 352 Å². The van der Waals surface area contributed by atoms with Gasteiger partial charge in [-0.25, -0.2) is 4.57 Å². The number of esters is 2. The van der Waals surface area contributed by atoms with Crippen molar-refractivity contribution in [1.29, 1.82) is 0 Å². The molecule has 0 aliphatic carbocycles. The molecule has 0 aromatic rings. The average Bonchev–Trinajstić information content (AvgIpc) is 3.21. The molecule has 0 aliphatic rings. The van der Waals surface area contributed by atoms with Crippen LogP contribution >= 0.6 is 7.82 Å². The molecule has 0 saturated heterocycles. The van der Waals surface area contributed by atoms with E-state index in [4.69, 9.17) is 24.3 Å². The number of hydrogen-bond acceptors (Lipinski definition) is 9. The molecule has 0 spiro atoms. The van der Waals surface area contributed by atoms with E-state index in [1.807, 2.05) is 48.6 Å². The normalized spacial score (nSPS) is 14.6. The van der Waals surface area contributed by atoms with Gasteiger partial charge in [0, 0.05) is 19.4 Å². The zero-order chi connectivity index (χ0) is 42.6. The van der Waals surface area contributed by atoms with E-state index in [9.17, 15) is 24.2 Å². The molecular weight excluding hydrogens is 753 g/mol. The minimum Gasteiger partial charge on any atom is -0.462 e. The largest absolute Gasteiger partial charge is 0.472 e. The summed E-state index contributed by atoms with van der Waals surface area (Å²) in [5.41, 5.74) is 5.34. The van der Waals surface area contributed by atoms with Crippen molar-refractivity contribution in [2.45, 2.75) is 174 Å². The lowest BCUT2D eigenvalue weighted by Gasteiger charge is -2.19. The van der Waals surface area contributed by atoms with Crippen LogP contribution in [0, 0.1) is 0 Å². The summed E-state index contributed by atoms with van der Waals surface area (Å²) in [6, 6.07) is 0. The van der Waals surface area contributed by atoms with Gasteiger partial charge in [0.15, 0.2) is 6.10 Å². The highest BCUT2D eigenvalue weighted by Gasteiger charge is 2.25. The lowest BCUT2D eigenvalue weighted by Crippen LogP contribution is -2.29. The van der Waals surface area contributed by atoms with Crippen LogP contribution in [-0.2, 0) is 32.7 Å². The molecule has 0 aromatic heterocycles. The van der Waals surface area contributed by atoms with Gasteiger partial charge in [-0.3, -0.25) is 18.6 Å². The molecule has 332 valence electrons. The molecule has 58 heavy (non-hydrogen) atoms. The second-order valence-electron chi connectivity index (χ2n) is 14.4. The van der Waals surface area contributed by atoms with Crippen molar-refractivity contribution in [2.24, 2.45) is 5.73 Å². The predicted molar refractivity (Wildman–Crippen MR) is 239 cm³/mol. The van der Waals surface area contributed by atoms with Crippen LogP contribution in [0.15, 0.2) is 85.1 Å². The number of rotatable bonds is 40. The highest BCUT2D eigenvalue weighted by molar-refractivity contribution is 7.47. The summed E-state index contributed by atoms with van der Waals surface area (Å²) >= 11 is 0. The van der Waals surface area contributed by atoms with Gasteiger partial charge in [0.1, 0.15) is 6.61 Å². The fourth-order valence-corrected chi connectivity index (χ4v) is 6.33. The zero-order valence-electron chi connectivity index (χ0n) is 36.1. The second-order valence-corrected chi connectivity index (χ2v) is 15.8. The van der Waals surface area contributed by atoms with E-state index in [0.717, 1.165) is 51.4 Å². The molecule has 10 nitrogen and oxygen atoms in total. The zero-order valence-corrected chi connectivity index (χ0v) is 37.0. The number of aliphatic hydroxyl groups is 1. The number of aliphatic hydroxyl groups excluding tert-OH is 1. The van der Waals surface area contributed by atoms with Gasteiger partial charge in [0.2, 0.25) is 0 Å². The highest BCUT2D eigenvalue weighted by Crippen LogP contribution is 2.43. The molecule has 0 amide bonds. The van der Waals surface area contributed by atoms with Gasteiger partial charge >= 0.3 is 19.8 Å². The maximum Gasteiger partial charge on any atom is 0.472 e. The Morgan fingerprint density at radius 2 is 1.19 bits per heavy atom. The van der Waals surface area contributed by atoms with Crippen molar-refractivity contribution in [2.75, 3.05) is 26.4 Å². The number of nitrogens with two attached hydrogens (primary N) is 1. The van der Waals surface area contributed by atoms with Crippen molar-refractivity contribution in [1.82, 2.24) is 0 Å². The smallest absolute Gasteiger partial charge is 0.462 e. The molecule has 0 fully saturated rings. The number of allylic oxidation sites excluding steroid dienone is 12. The molecule has 0 saturated carbocycles. The molecule has 0 aromatic carbocycles. The number of carbonyl (C=O) groups is 2. The van der Waals surface area contributed by atoms with Crippen LogP contribution in [0.3, 0.4) is 0 Å². The number of unbranched alkanes of at least 4 members (excludes halogenated alkanes) is 13. The van der Waals surface area contributed by atoms with Crippen LogP contribution in [0.4, 0.5) is 0 Å². The Hall–Kier alpha value is -2.85. The van der Waals surface area contributed by atoms with Crippen LogP contribution in [0.2, 0.25) is 0 Å². The molecule has 0 heterocycles. The maximum absolute atomic E-state index is 12.6. The van der Waals surface area contributed by atoms with Gasteiger partial charge in [-0.1, -0.05) is 163 Å². The monoisotopic (exact) mass is 834 g/mol. The third-order valence-electron chi connectivity index (χ3n) is 8.86. The summed E-state index contributed by atoms with van der Waals surface area (Å²) in [5.74, 6) is -0.968. The first kappa shape index (κ1) is 55.2. The van der Waals surface area contributed by atoms with Crippen LogP contribution in [0.25, 0.3) is 0 Å². The van der Waals surface area contributed by atoms with Gasteiger partial charge in [-0.05, 0) is 70.6 Å². The third kappa shape index (κ3) is 41.3. The lowest BCUT2D eigenvalue weighted by molar-refractivity contribution is -0.161. The van der Waals surface area contributed by atoms with Crippen LogP contribution < -0.4 is 5.73 Å². The molecule has 0 radical (unpaired) electrons. The Balaban J connectivity index is 4.34. The highest BCUT2D eigenvalue weighted by atomic mass is 31.2. The van der Waals surface area contributed by atoms with Crippen LogP contribution in [-0.4, -0.2) is 60.5 Å². The first-order chi connectivity index (χ1) is 28.2. The molecule has 0 bridgehead atoms. The second kappa shape index (κ2) is 42.3. The first-order valence-corrected chi connectivity index (χ1v) is 23.7. The quantitative estimate of drug-likeness (QED) is 0.0179. The molecule has 0 rings (SSSR count). The maximum atomic E-state index is 12.6. The van der Waals surface area contributed by atoms with Gasteiger partial charge in [-0.2, -0.15) is 0 Å². The summed E-state index contributed by atoms with van der Waals surface area (Å²) < 4.78 is 32.7. The van der Waals surface area contributed by atoms with Crippen molar-refractivity contribution in [3.05, 3.63) is 85.1 Å². The fraction of sp³-hybridized carbons (Fsp3) is 0.660. The molecule has 11 heteroatoms. The van der Waals surface area contributed by atoms with E-state index >= 15 is 0 Å². The van der Waals surface area contributed by atoms with Crippen LogP contribution in [0.1, 0.15) is 162 Å². The van der Waals surface area contributed by atoms with Gasteiger partial charge in [0.05, 0.1) is 19.3 Å². The Morgan fingerprint density at radius 1 is 0.621 bits per heavy atom. The Bertz CT molecular complexity index is 1240. The van der Waals surface area contributed by atoms with Gasteiger partial charge in [0.25, 0.3) is 0 Å². The van der Waals surface area contributed by atoms with E-state index in [2.05, 4.69) is 44.2 Å². The molecular formula is C47H80NO9P. The van der Waals surface area contributed by atoms with E-state index in [-0.39, 0.29) is 32.6 Å². The number of phosphoric ester groups is 1. The van der Waals surface area contributed by atoms with Crippen molar-refractivity contribution in [3.8, 4) is 0 Å². The van der Waals surface area contributed by atoms with E-state index in [0.29, 0.717) is 19.3 Å². The van der Waals surface area contributed by atoms with Crippen molar-refractivity contribution >= 4 is 19.8 Å². The molecule has 4 N–H and O–H groups in total. The summed E-state index contributed by atoms with van der Waals surface area (Å²) in [7, 11) is -4.41. The Kier molecular flexibility index (Phi) is 40.2. The average molecular weight is 834 g/mol. The van der Waals surface area contributed by atoms with Gasteiger partial charge in [-0.15, -0.1) is 0 Å². The standard InChI is InChI=1S/C47H80NO9P/c1-3-5-7-9-11-12-13-14-15-16-17-18-19-24-27-31-35-39-47(51)57-45(43-56-58(52,53)55-41-40-48)42-54-46(50)38-34-30-26-23-21-20-22-25-29-33-37-44(49)36-32-28-10-8-6-4-2/h6,8,14-15,20-21,25-26,28-30,32-33,37,44-45,49H,3-5,7,9-13,16-19,22-24,27,31,34-36,38-43,48H2,1-2H3,(H,52,53)/b8-6-,15-14-,21-20-,29-25-,30-26-,32-28-,37-33+/t44?,45-/m1/s1. The number of ether oxygens (including phenoxy) is 2. The van der Waals surface area contributed by atoms with E-state index in [1.165, 1.54) is 64.2 Å². The fourth-order valence-electron chi connectivity index (χ4n) is 5.56. The lowest BCUT2D eigenvalue weighted by atomic mass is 10.1. The number of hydrogen-bond donors (Lipinski definition) is 3. The first-order valence-electron chi connectivity index (χ1n) is 22.2. The number of carbonyl (C=O) groups excluding carboxylic acids is 2. The SMILES string of the molecule is CC/C=C\C/C=C\CC(O)/C=C/C=C\C/C=C\C/C=C\CCC(=O)OC[C@H](COP(=O)(O)OCCN)OC(=O)CCCCCCCCC/C=C\CCCCCCCC. The minimum atomic E-state index is -4.41. The summed E-state index contributed by atoms with van der Waals surface area (Å²) in [6.07, 6.45) is 49.4. The van der Waals surface area contributed by atoms with Gasteiger partial charge < -0.3 is 25.2 Å². The van der Waals surface area contributed by atoms with E-state index < -0.39 is 38.6 Å². The van der Waals surface area contributed by atoms with Crippen molar-refractivity contribution < 1.29 is 42.7 Å². The summed E-state index contributed by atoms with van der Waals surface area (Å²) in [4.78, 5) is 34.9. The van der Waals surface area contributed by atoms with E-state index in [1.54, 1.807) is 6.08 Å². The third-order valence-corrected chi connectivity index (χ3v) is 9.84. The summed E-state index contributed by atoms with van der Waals surface area (Å²) in [5, 5.41) is 9.99.